The number of Topliss-reactive ketones (excluding diaryl/α,β-unsaturated/α-hetero) is 1. The summed E-state index contributed by atoms with van der Waals surface area (Å²) in [6.45, 7) is 5.06. The quantitative estimate of drug-likeness (QED) is 0.439. The highest BCUT2D eigenvalue weighted by atomic mass is 16.5. The van der Waals surface area contributed by atoms with Gasteiger partial charge in [0.2, 0.25) is 0 Å². The van der Waals surface area contributed by atoms with Crippen LogP contribution in [0.25, 0.3) is 0 Å². The lowest BCUT2D eigenvalue weighted by atomic mass is 10.1. The summed E-state index contributed by atoms with van der Waals surface area (Å²) in [6.07, 6.45) is -0.849. The molecule has 0 aliphatic heterocycles. The molecular formula is C22H26N2O7. The molecule has 2 rings (SSSR count). The molecule has 0 fully saturated rings. The van der Waals surface area contributed by atoms with Gasteiger partial charge in [0.25, 0.3) is 11.8 Å². The van der Waals surface area contributed by atoms with E-state index in [2.05, 4.69) is 10.9 Å². The monoisotopic (exact) mass is 430 g/mol. The summed E-state index contributed by atoms with van der Waals surface area (Å²) in [4.78, 5) is 35.5. The predicted molar refractivity (Wildman–Crippen MR) is 112 cm³/mol. The highest BCUT2D eigenvalue weighted by Crippen LogP contribution is 2.28. The zero-order chi connectivity index (χ0) is 22.8. The van der Waals surface area contributed by atoms with Gasteiger partial charge in [-0.1, -0.05) is 0 Å². The van der Waals surface area contributed by atoms with E-state index < -0.39 is 17.9 Å². The smallest absolute Gasteiger partial charge is 0.279 e. The van der Waals surface area contributed by atoms with Gasteiger partial charge in [0.15, 0.2) is 30.0 Å². The molecule has 2 aromatic rings. The van der Waals surface area contributed by atoms with Crippen LogP contribution in [0.5, 0.6) is 23.0 Å². The number of ether oxygens (including phenoxy) is 4. The van der Waals surface area contributed by atoms with E-state index in [0.717, 1.165) is 0 Å². The van der Waals surface area contributed by atoms with Crippen molar-refractivity contribution in [2.75, 3.05) is 20.3 Å². The molecule has 1 unspecified atom stereocenters. The number of nitrogens with one attached hydrogen (secondary N) is 2. The fourth-order valence-corrected chi connectivity index (χ4v) is 2.46. The van der Waals surface area contributed by atoms with Crippen molar-refractivity contribution in [3.63, 3.8) is 0 Å². The predicted octanol–water partition coefficient (Wildman–Crippen LogP) is 2.29. The van der Waals surface area contributed by atoms with Gasteiger partial charge >= 0.3 is 0 Å². The first-order valence-electron chi connectivity index (χ1n) is 9.64. The van der Waals surface area contributed by atoms with Crippen molar-refractivity contribution in [3.05, 3.63) is 48.0 Å². The van der Waals surface area contributed by atoms with E-state index in [-0.39, 0.29) is 12.4 Å². The summed E-state index contributed by atoms with van der Waals surface area (Å²) < 4.78 is 21.5. The molecule has 31 heavy (non-hydrogen) atoms. The Balaban J connectivity index is 1.80. The molecule has 9 heteroatoms. The number of rotatable bonds is 10. The van der Waals surface area contributed by atoms with Gasteiger partial charge < -0.3 is 18.9 Å². The Labute approximate surface area is 180 Å². The van der Waals surface area contributed by atoms with E-state index in [1.165, 1.54) is 26.2 Å². The molecule has 9 nitrogen and oxygen atoms in total. The number of hydrogen-bond donors (Lipinski definition) is 2. The van der Waals surface area contributed by atoms with Gasteiger partial charge in [-0.25, -0.2) is 0 Å². The minimum absolute atomic E-state index is 0.119. The van der Waals surface area contributed by atoms with E-state index in [0.29, 0.717) is 35.2 Å². The Hall–Kier alpha value is -3.75. The number of methoxy groups -OCH3 is 1. The maximum Gasteiger partial charge on any atom is 0.279 e. The molecule has 0 bridgehead atoms. The number of amides is 2. The summed E-state index contributed by atoms with van der Waals surface area (Å²) >= 11 is 0. The third-order valence-corrected chi connectivity index (χ3v) is 4.07. The second kappa shape index (κ2) is 11.4. The van der Waals surface area contributed by atoms with Gasteiger partial charge in [0.05, 0.1) is 13.7 Å². The van der Waals surface area contributed by atoms with E-state index in [4.69, 9.17) is 18.9 Å². The number of ketones is 1. The lowest BCUT2D eigenvalue weighted by molar-refractivity contribution is -0.133. The van der Waals surface area contributed by atoms with Gasteiger partial charge in [-0.15, -0.1) is 0 Å². The van der Waals surface area contributed by atoms with Crippen molar-refractivity contribution in [2.45, 2.75) is 26.9 Å². The summed E-state index contributed by atoms with van der Waals surface area (Å²) in [5, 5.41) is 0. The Morgan fingerprint density at radius 2 is 1.61 bits per heavy atom. The minimum atomic E-state index is -0.849. The standard InChI is InChI=1S/C22H26N2O7/c1-5-29-17-7-9-18(10-8-17)31-15(3)22(27)24-23-21(26)13-30-19-11-6-16(14(2)25)12-20(19)28-4/h6-12,15H,5,13H2,1-4H3,(H,23,26)(H,24,27). The molecule has 0 aromatic heterocycles. The molecule has 0 heterocycles. The van der Waals surface area contributed by atoms with Crippen LogP contribution in [0.4, 0.5) is 0 Å². The van der Waals surface area contributed by atoms with Crippen LogP contribution in [0.2, 0.25) is 0 Å². The van der Waals surface area contributed by atoms with Crippen molar-refractivity contribution < 1.29 is 33.3 Å². The van der Waals surface area contributed by atoms with E-state index in [9.17, 15) is 14.4 Å². The number of hydrazine groups is 1. The molecule has 0 spiro atoms. The summed E-state index contributed by atoms with van der Waals surface area (Å²) in [5.41, 5.74) is 4.99. The maximum absolute atomic E-state index is 12.1. The Bertz CT molecular complexity index is 913. The van der Waals surface area contributed by atoms with Gasteiger partial charge in [0.1, 0.15) is 11.5 Å². The van der Waals surface area contributed by atoms with E-state index >= 15 is 0 Å². The molecule has 0 aliphatic rings. The summed E-state index contributed by atoms with van der Waals surface area (Å²) in [5.74, 6) is 0.563. The van der Waals surface area contributed by atoms with Crippen LogP contribution in [0, 0.1) is 0 Å². The molecule has 0 saturated carbocycles. The second-order valence-electron chi connectivity index (χ2n) is 6.41. The van der Waals surface area contributed by atoms with Crippen molar-refractivity contribution in [3.8, 4) is 23.0 Å². The van der Waals surface area contributed by atoms with Crippen molar-refractivity contribution >= 4 is 17.6 Å². The van der Waals surface area contributed by atoms with Crippen molar-refractivity contribution in [1.29, 1.82) is 0 Å². The van der Waals surface area contributed by atoms with Gasteiger partial charge in [-0.05, 0) is 63.2 Å². The molecule has 0 aliphatic carbocycles. The highest BCUT2D eigenvalue weighted by molar-refractivity contribution is 5.94. The highest BCUT2D eigenvalue weighted by Gasteiger charge is 2.16. The molecule has 0 saturated heterocycles. The topological polar surface area (TPSA) is 112 Å². The Morgan fingerprint density at radius 1 is 0.935 bits per heavy atom. The first kappa shape index (κ1) is 23.5. The van der Waals surface area contributed by atoms with Crippen LogP contribution in [0.3, 0.4) is 0 Å². The zero-order valence-corrected chi connectivity index (χ0v) is 17.9. The molecule has 166 valence electrons. The van der Waals surface area contributed by atoms with Crippen molar-refractivity contribution in [2.24, 2.45) is 0 Å². The lowest BCUT2D eigenvalue weighted by Crippen LogP contribution is -2.48. The van der Waals surface area contributed by atoms with Crippen molar-refractivity contribution in [1.82, 2.24) is 10.9 Å². The Morgan fingerprint density at radius 3 is 2.23 bits per heavy atom. The van der Waals surface area contributed by atoms with E-state index in [1.54, 1.807) is 37.3 Å². The first-order chi connectivity index (χ1) is 14.8. The fourth-order valence-electron chi connectivity index (χ4n) is 2.46. The fraction of sp³-hybridized carbons (Fsp3) is 0.318. The largest absolute Gasteiger partial charge is 0.494 e. The number of benzene rings is 2. The minimum Gasteiger partial charge on any atom is -0.494 e. The van der Waals surface area contributed by atoms with Gasteiger partial charge in [0, 0.05) is 5.56 Å². The van der Waals surface area contributed by atoms with E-state index in [1.807, 2.05) is 6.92 Å². The van der Waals surface area contributed by atoms with Gasteiger partial charge in [-0.3, -0.25) is 25.2 Å². The third-order valence-electron chi connectivity index (χ3n) is 4.07. The first-order valence-corrected chi connectivity index (χ1v) is 9.64. The third kappa shape index (κ3) is 7.22. The number of carbonyl (C=O) groups excluding carboxylic acids is 3. The van der Waals surface area contributed by atoms with Crippen LogP contribution < -0.4 is 29.8 Å². The molecule has 2 aromatic carbocycles. The average molecular weight is 430 g/mol. The molecule has 2 N–H and O–H groups in total. The average Bonchev–Trinajstić information content (AvgIpc) is 2.77. The second-order valence-corrected chi connectivity index (χ2v) is 6.41. The van der Waals surface area contributed by atoms with Crippen LogP contribution in [-0.2, 0) is 9.59 Å². The van der Waals surface area contributed by atoms with Crippen LogP contribution in [0.15, 0.2) is 42.5 Å². The number of hydrogen-bond acceptors (Lipinski definition) is 7. The number of carbonyl (C=O) groups is 3. The zero-order valence-electron chi connectivity index (χ0n) is 17.9. The lowest BCUT2D eigenvalue weighted by Gasteiger charge is -2.16. The maximum atomic E-state index is 12.1. The van der Waals surface area contributed by atoms with Crippen LogP contribution in [0.1, 0.15) is 31.1 Å². The van der Waals surface area contributed by atoms with Crippen LogP contribution >= 0.6 is 0 Å². The summed E-state index contributed by atoms with van der Waals surface area (Å²) in [7, 11) is 1.43. The molecular weight excluding hydrogens is 404 g/mol. The van der Waals surface area contributed by atoms with Crippen LogP contribution in [-0.4, -0.2) is 44.0 Å². The SMILES string of the molecule is CCOc1ccc(OC(C)C(=O)NNC(=O)COc2ccc(C(C)=O)cc2OC)cc1. The normalized spacial score (nSPS) is 11.1. The Kier molecular flexibility index (Phi) is 8.68. The molecule has 1 atom stereocenters. The summed E-state index contributed by atoms with van der Waals surface area (Å²) in [6, 6.07) is 11.5. The molecule has 0 radical (unpaired) electrons. The van der Waals surface area contributed by atoms with Gasteiger partial charge in [-0.2, -0.15) is 0 Å². The molecule has 2 amide bonds.